The third-order valence-electron chi connectivity index (χ3n) is 2.04. The predicted octanol–water partition coefficient (Wildman–Crippen LogP) is 2.67. The predicted molar refractivity (Wildman–Crippen MR) is 59.5 cm³/mol. The molecule has 0 spiro atoms. The van der Waals surface area contributed by atoms with Gasteiger partial charge in [-0.2, -0.15) is 5.10 Å². The maximum absolute atomic E-state index is 9.09. The molecule has 0 bridgehead atoms. The van der Waals surface area contributed by atoms with Crippen molar-refractivity contribution in [2.24, 2.45) is 0 Å². The average Bonchev–Trinajstić information content (AvgIpc) is 2.70. The Morgan fingerprint density at radius 2 is 2.07 bits per heavy atom. The number of rotatable bonds is 2. The second-order valence-corrected chi connectivity index (χ2v) is 3.75. The molecular formula is C10H8Cl2N2O. The molecule has 0 aliphatic carbocycles. The second-order valence-electron chi connectivity index (χ2n) is 2.97. The molecule has 3 nitrogen and oxygen atoms in total. The van der Waals surface area contributed by atoms with Crippen molar-refractivity contribution < 1.29 is 5.11 Å². The summed E-state index contributed by atoms with van der Waals surface area (Å²) in [5.74, 6) is 0. The van der Waals surface area contributed by atoms with Crippen molar-refractivity contribution in [2.45, 2.75) is 6.61 Å². The average molecular weight is 243 g/mol. The first-order valence-electron chi connectivity index (χ1n) is 4.32. The van der Waals surface area contributed by atoms with Gasteiger partial charge in [0.2, 0.25) is 0 Å². The molecule has 5 heteroatoms. The van der Waals surface area contributed by atoms with Crippen LogP contribution in [0.1, 0.15) is 5.69 Å². The van der Waals surface area contributed by atoms with E-state index in [0.717, 1.165) is 0 Å². The largest absolute Gasteiger partial charge is 0.390 e. The molecule has 0 atom stereocenters. The fourth-order valence-electron chi connectivity index (χ4n) is 1.32. The number of hydrogen-bond donors (Lipinski definition) is 1. The minimum Gasteiger partial charge on any atom is -0.390 e. The van der Waals surface area contributed by atoms with Crippen molar-refractivity contribution in [3.05, 3.63) is 46.2 Å². The molecule has 2 aromatic rings. The van der Waals surface area contributed by atoms with Crippen LogP contribution in [-0.2, 0) is 6.61 Å². The van der Waals surface area contributed by atoms with E-state index in [4.69, 9.17) is 28.3 Å². The maximum atomic E-state index is 9.09. The van der Waals surface area contributed by atoms with Gasteiger partial charge in [0.1, 0.15) is 0 Å². The fourth-order valence-corrected chi connectivity index (χ4v) is 1.70. The highest BCUT2D eigenvalue weighted by Gasteiger charge is 2.09. The zero-order valence-corrected chi connectivity index (χ0v) is 9.20. The number of aliphatic hydroxyl groups excluding tert-OH is 1. The van der Waals surface area contributed by atoms with Crippen LogP contribution < -0.4 is 0 Å². The molecule has 0 saturated carbocycles. The highest BCUT2D eigenvalue weighted by atomic mass is 35.5. The van der Waals surface area contributed by atoms with Gasteiger partial charge in [-0.1, -0.05) is 29.3 Å². The summed E-state index contributed by atoms with van der Waals surface area (Å²) >= 11 is 11.9. The fraction of sp³-hybridized carbons (Fsp3) is 0.100. The van der Waals surface area contributed by atoms with E-state index in [2.05, 4.69) is 5.10 Å². The van der Waals surface area contributed by atoms with Crippen LogP contribution in [0.15, 0.2) is 30.5 Å². The van der Waals surface area contributed by atoms with Crippen LogP contribution in [0, 0.1) is 0 Å². The Kier molecular flexibility index (Phi) is 2.95. The van der Waals surface area contributed by atoms with Crippen LogP contribution in [0.25, 0.3) is 5.69 Å². The minimum absolute atomic E-state index is 0.0944. The van der Waals surface area contributed by atoms with Gasteiger partial charge in [-0.25, -0.2) is 4.68 Å². The van der Waals surface area contributed by atoms with Gasteiger partial charge in [-0.15, -0.1) is 0 Å². The van der Waals surface area contributed by atoms with Gasteiger partial charge in [-0.05, 0) is 18.2 Å². The summed E-state index contributed by atoms with van der Waals surface area (Å²) in [4.78, 5) is 0. The van der Waals surface area contributed by atoms with Crippen molar-refractivity contribution >= 4 is 23.2 Å². The normalized spacial score (nSPS) is 10.6. The summed E-state index contributed by atoms with van der Waals surface area (Å²) in [6.45, 7) is -0.0944. The van der Waals surface area contributed by atoms with Crippen molar-refractivity contribution in [3.63, 3.8) is 0 Å². The van der Waals surface area contributed by atoms with Crippen LogP contribution in [0.2, 0.25) is 10.0 Å². The van der Waals surface area contributed by atoms with Crippen LogP contribution in [-0.4, -0.2) is 14.9 Å². The Morgan fingerprint density at radius 1 is 1.27 bits per heavy atom. The quantitative estimate of drug-likeness (QED) is 0.880. The highest BCUT2D eigenvalue weighted by Crippen LogP contribution is 2.28. The lowest BCUT2D eigenvalue weighted by molar-refractivity contribution is 0.273. The number of aromatic nitrogens is 2. The lowest BCUT2D eigenvalue weighted by atomic mass is 10.3. The molecule has 0 saturated heterocycles. The van der Waals surface area contributed by atoms with Crippen LogP contribution in [0.4, 0.5) is 0 Å². The third kappa shape index (κ3) is 1.86. The molecular weight excluding hydrogens is 235 g/mol. The van der Waals surface area contributed by atoms with Crippen LogP contribution >= 0.6 is 23.2 Å². The molecule has 0 unspecified atom stereocenters. The van der Waals surface area contributed by atoms with Crippen molar-refractivity contribution in [1.82, 2.24) is 9.78 Å². The molecule has 1 N–H and O–H groups in total. The molecule has 0 fully saturated rings. The molecule has 0 amide bonds. The first-order valence-corrected chi connectivity index (χ1v) is 5.08. The Balaban J connectivity index is 2.59. The van der Waals surface area contributed by atoms with Crippen molar-refractivity contribution in [1.29, 1.82) is 0 Å². The third-order valence-corrected chi connectivity index (χ3v) is 2.85. The first-order chi connectivity index (χ1) is 7.24. The molecule has 1 aromatic carbocycles. The standard InChI is InChI=1S/C10H8Cl2N2O/c11-8-2-1-3-9(10(8)12)14-7(6-15)4-5-13-14/h1-5,15H,6H2. The van der Waals surface area contributed by atoms with Gasteiger partial charge in [0.05, 0.1) is 28.0 Å². The Bertz CT molecular complexity index is 482. The smallest absolute Gasteiger partial charge is 0.0854 e. The van der Waals surface area contributed by atoms with E-state index in [1.54, 1.807) is 35.1 Å². The number of nitrogens with zero attached hydrogens (tertiary/aromatic N) is 2. The summed E-state index contributed by atoms with van der Waals surface area (Å²) in [5, 5.41) is 14.1. The van der Waals surface area contributed by atoms with Crippen molar-refractivity contribution in [2.75, 3.05) is 0 Å². The lowest BCUT2D eigenvalue weighted by Crippen LogP contribution is -2.02. The van der Waals surface area contributed by atoms with E-state index in [9.17, 15) is 0 Å². The molecule has 78 valence electrons. The Hall–Kier alpha value is -1.03. The van der Waals surface area contributed by atoms with Gasteiger partial charge >= 0.3 is 0 Å². The molecule has 0 aliphatic rings. The van der Waals surface area contributed by atoms with E-state index >= 15 is 0 Å². The van der Waals surface area contributed by atoms with Gasteiger partial charge in [0.15, 0.2) is 0 Å². The number of halogens is 2. The molecule has 1 heterocycles. The zero-order valence-electron chi connectivity index (χ0n) is 7.69. The summed E-state index contributed by atoms with van der Waals surface area (Å²) in [6, 6.07) is 7.00. The summed E-state index contributed by atoms with van der Waals surface area (Å²) in [7, 11) is 0. The molecule has 0 radical (unpaired) electrons. The van der Waals surface area contributed by atoms with E-state index in [-0.39, 0.29) is 6.61 Å². The first kappa shape index (κ1) is 10.5. The summed E-state index contributed by atoms with van der Waals surface area (Å²) in [6.07, 6.45) is 1.60. The van der Waals surface area contributed by atoms with Gasteiger partial charge in [0, 0.05) is 6.20 Å². The van der Waals surface area contributed by atoms with Crippen LogP contribution in [0.5, 0.6) is 0 Å². The van der Waals surface area contributed by atoms with Crippen LogP contribution in [0.3, 0.4) is 0 Å². The molecule has 0 aliphatic heterocycles. The Labute approximate surface area is 96.9 Å². The van der Waals surface area contributed by atoms with E-state index < -0.39 is 0 Å². The molecule has 1 aromatic heterocycles. The molecule has 15 heavy (non-hydrogen) atoms. The summed E-state index contributed by atoms with van der Waals surface area (Å²) in [5.41, 5.74) is 1.33. The number of hydrogen-bond acceptors (Lipinski definition) is 2. The van der Waals surface area contributed by atoms with E-state index in [0.29, 0.717) is 21.4 Å². The van der Waals surface area contributed by atoms with Gasteiger partial charge < -0.3 is 5.11 Å². The monoisotopic (exact) mass is 242 g/mol. The molecule has 2 rings (SSSR count). The number of aliphatic hydroxyl groups is 1. The van der Waals surface area contributed by atoms with Crippen molar-refractivity contribution in [3.8, 4) is 5.69 Å². The number of benzene rings is 1. The zero-order chi connectivity index (χ0) is 10.8. The Morgan fingerprint density at radius 3 is 2.80 bits per heavy atom. The second kappa shape index (κ2) is 4.23. The highest BCUT2D eigenvalue weighted by molar-refractivity contribution is 6.43. The van der Waals surface area contributed by atoms with E-state index in [1.165, 1.54) is 0 Å². The SMILES string of the molecule is OCc1ccnn1-c1cccc(Cl)c1Cl. The summed E-state index contributed by atoms with van der Waals surface area (Å²) < 4.78 is 1.56. The lowest BCUT2D eigenvalue weighted by Gasteiger charge is -2.08. The van der Waals surface area contributed by atoms with Gasteiger partial charge in [0.25, 0.3) is 0 Å². The van der Waals surface area contributed by atoms with E-state index in [1.807, 2.05) is 0 Å². The van der Waals surface area contributed by atoms with Gasteiger partial charge in [-0.3, -0.25) is 0 Å². The maximum Gasteiger partial charge on any atom is 0.0854 e. The minimum atomic E-state index is -0.0944. The topological polar surface area (TPSA) is 38.1 Å².